The number of nitriles is 1. The molecule has 0 aliphatic rings. The molecule has 0 aliphatic carbocycles. The van der Waals surface area contributed by atoms with E-state index in [1.54, 1.807) is 6.92 Å². The topological polar surface area (TPSA) is 73.2 Å². The molecule has 1 N–H and O–H groups in total. The Morgan fingerprint density at radius 2 is 2.11 bits per heavy atom. The van der Waals surface area contributed by atoms with Crippen LogP contribution in [-0.2, 0) is 10.0 Å². The second-order valence-electron chi connectivity index (χ2n) is 4.38. The van der Waals surface area contributed by atoms with Crippen LogP contribution in [0.5, 0.6) is 0 Å². The molecule has 0 atom stereocenters. The van der Waals surface area contributed by atoms with E-state index in [2.05, 4.69) is 4.72 Å². The Labute approximate surface area is 114 Å². The van der Waals surface area contributed by atoms with Crippen LogP contribution in [0.1, 0.15) is 18.1 Å². The first kappa shape index (κ1) is 15.6. The summed E-state index contributed by atoms with van der Waals surface area (Å²) in [4.78, 5) is 2.22. The molecule has 1 rings (SSSR count). The highest BCUT2D eigenvalue weighted by atomic mass is 32.2. The fraction of sp³-hybridized carbons (Fsp3) is 0.462. The second-order valence-corrected chi connectivity index (χ2v) is 6.15. The SMILES string of the molecule is CCN(C)CCNS(=O)(=O)c1ccc(C#N)c(C)c1. The van der Waals surface area contributed by atoms with Crippen molar-refractivity contribution in [1.82, 2.24) is 9.62 Å². The van der Waals surface area contributed by atoms with Crippen LogP contribution in [-0.4, -0.2) is 40.0 Å². The van der Waals surface area contributed by atoms with E-state index in [1.165, 1.54) is 18.2 Å². The fourth-order valence-corrected chi connectivity index (χ4v) is 2.65. The molecule has 1 aromatic rings. The summed E-state index contributed by atoms with van der Waals surface area (Å²) in [6.45, 7) is 5.63. The molecule has 1 aromatic carbocycles. The minimum Gasteiger partial charge on any atom is -0.305 e. The van der Waals surface area contributed by atoms with Crippen LogP contribution in [0.3, 0.4) is 0 Å². The number of nitrogens with zero attached hydrogens (tertiary/aromatic N) is 2. The number of hydrogen-bond donors (Lipinski definition) is 1. The largest absolute Gasteiger partial charge is 0.305 e. The first-order valence-corrected chi connectivity index (χ1v) is 7.58. The summed E-state index contributed by atoms with van der Waals surface area (Å²) in [5.74, 6) is 0. The number of rotatable bonds is 6. The summed E-state index contributed by atoms with van der Waals surface area (Å²) in [6.07, 6.45) is 0. The van der Waals surface area contributed by atoms with E-state index < -0.39 is 10.0 Å². The number of benzene rings is 1. The molecule has 0 aliphatic heterocycles. The van der Waals surface area contributed by atoms with E-state index in [0.29, 0.717) is 24.2 Å². The summed E-state index contributed by atoms with van der Waals surface area (Å²) in [5, 5.41) is 8.82. The third kappa shape index (κ3) is 4.31. The van der Waals surface area contributed by atoms with E-state index in [9.17, 15) is 8.42 Å². The molecular formula is C13H19N3O2S. The van der Waals surface area contributed by atoms with Crippen molar-refractivity contribution in [1.29, 1.82) is 5.26 Å². The molecule has 0 saturated heterocycles. The maximum absolute atomic E-state index is 12.0. The van der Waals surface area contributed by atoms with Crippen molar-refractivity contribution in [2.45, 2.75) is 18.7 Å². The Hall–Kier alpha value is -1.42. The lowest BCUT2D eigenvalue weighted by molar-refractivity contribution is 0.358. The van der Waals surface area contributed by atoms with Crippen molar-refractivity contribution in [3.05, 3.63) is 29.3 Å². The summed E-state index contributed by atoms with van der Waals surface area (Å²) in [5.41, 5.74) is 1.15. The van der Waals surface area contributed by atoms with Crippen molar-refractivity contribution in [3.63, 3.8) is 0 Å². The molecule has 0 bridgehead atoms. The van der Waals surface area contributed by atoms with Crippen LogP contribution < -0.4 is 4.72 Å². The Bertz CT molecular complexity index is 576. The van der Waals surface area contributed by atoms with Crippen molar-refractivity contribution < 1.29 is 8.42 Å². The maximum Gasteiger partial charge on any atom is 0.240 e. The van der Waals surface area contributed by atoms with Gasteiger partial charge in [0.2, 0.25) is 10.0 Å². The highest BCUT2D eigenvalue weighted by Gasteiger charge is 2.14. The molecule has 0 unspecified atom stereocenters. The zero-order chi connectivity index (χ0) is 14.5. The first-order chi connectivity index (χ1) is 8.90. The van der Waals surface area contributed by atoms with Gasteiger partial charge in [-0.3, -0.25) is 0 Å². The van der Waals surface area contributed by atoms with Crippen LogP contribution in [0.25, 0.3) is 0 Å². The molecule has 5 nitrogen and oxygen atoms in total. The third-order valence-electron chi connectivity index (χ3n) is 2.95. The smallest absolute Gasteiger partial charge is 0.240 e. The summed E-state index contributed by atoms with van der Waals surface area (Å²) < 4.78 is 26.6. The number of sulfonamides is 1. The van der Waals surface area contributed by atoms with E-state index in [4.69, 9.17) is 5.26 Å². The Morgan fingerprint density at radius 3 is 2.63 bits per heavy atom. The second kappa shape index (κ2) is 6.66. The van der Waals surface area contributed by atoms with Crippen molar-refractivity contribution in [3.8, 4) is 6.07 Å². The normalized spacial score (nSPS) is 11.5. The lowest BCUT2D eigenvalue weighted by Gasteiger charge is -2.14. The van der Waals surface area contributed by atoms with Gasteiger partial charge in [0.15, 0.2) is 0 Å². The molecule has 0 aromatic heterocycles. The van der Waals surface area contributed by atoms with Crippen LogP contribution in [0.15, 0.2) is 23.1 Å². The average Bonchev–Trinajstić information content (AvgIpc) is 2.38. The lowest BCUT2D eigenvalue weighted by atomic mass is 10.1. The maximum atomic E-state index is 12.0. The molecule has 0 saturated carbocycles. The predicted octanol–water partition coefficient (Wildman–Crippen LogP) is 1.10. The summed E-state index contributed by atoms with van der Waals surface area (Å²) in [6, 6.07) is 6.52. The highest BCUT2D eigenvalue weighted by Crippen LogP contribution is 2.14. The monoisotopic (exact) mass is 281 g/mol. The van der Waals surface area contributed by atoms with Gasteiger partial charge in [-0.15, -0.1) is 0 Å². The number of hydrogen-bond acceptors (Lipinski definition) is 4. The van der Waals surface area contributed by atoms with E-state index in [1.807, 2.05) is 24.9 Å². The van der Waals surface area contributed by atoms with Crippen molar-refractivity contribution >= 4 is 10.0 Å². The van der Waals surface area contributed by atoms with Crippen LogP contribution in [0.4, 0.5) is 0 Å². The quantitative estimate of drug-likeness (QED) is 0.847. The van der Waals surface area contributed by atoms with Gasteiger partial charge in [0, 0.05) is 13.1 Å². The third-order valence-corrected chi connectivity index (χ3v) is 4.41. The Morgan fingerprint density at radius 1 is 1.42 bits per heavy atom. The van der Waals surface area contributed by atoms with E-state index in [0.717, 1.165) is 6.54 Å². The van der Waals surface area contributed by atoms with Gasteiger partial charge in [-0.2, -0.15) is 5.26 Å². The molecule has 104 valence electrons. The molecular weight excluding hydrogens is 262 g/mol. The average molecular weight is 281 g/mol. The molecule has 0 heterocycles. The van der Waals surface area contributed by atoms with Crippen LogP contribution in [0, 0.1) is 18.3 Å². The Balaban J connectivity index is 2.78. The van der Waals surface area contributed by atoms with Gasteiger partial charge < -0.3 is 4.90 Å². The number of nitrogens with one attached hydrogen (secondary N) is 1. The van der Waals surface area contributed by atoms with Gasteiger partial charge in [0.1, 0.15) is 0 Å². The van der Waals surface area contributed by atoms with Gasteiger partial charge in [-0.1, -0.05) is 6.92 Å². The molecule has 0 spiro atoms. The molecule has 6 heteroatoms. The number of likely N-dealkylation sites (N-methyl/N-ethyl adjacent to an activating group) is 1. The standard InChI is InChI=1S/C13H19N3O2S/c1-4-16(3)8-7-15-19(17,18)13-6-5-12(10-14)11(2)9-13/h5-6,9,15H,4,7-8H2,1-3H3. The summed E-state index contributed by atoms with van der Waals surface area (Å²) in [7, 11) is -1.57. The van der Waals surface area contributed by atoms with Gasteiger partial charge in [0.25, 0.3) is 0 Å². The minimum absolute atomic E-state index is 0.197. The minimum atomic E-state index is -3.50. The van der Waals surface area contributed by atoms with Crippen LogP contribution >= 0.6 is 0 Å². The van der Waals surface area contributed by atoms with Gasteiger partial charge in [-0.25, -0.2) is 13.1 Å². The zero-order valence-electron chi connectivity index (χ0n) is 11.5. The summed E-state index contributed by atoms with van der Waals surface area (Å²) >= 11 is 0. The van der Waals surface area contributed by atoms with Crippen molar-refractivity contribution in [2.24, 2.45) is 0 Å². The predicted molar refractivity (Wildman–Crippen MR) is 74.3 cm³/mol. The Kier molecular flexibility index (Phi) is 5.48. The van der Waals surface area contributed by atoms with Gasteiger partial charge in [0.05, 0.1) is 16.5 Å². The lowest BCUT2D eigenvalue weighted by Crippen LogP contribution is -2.32. The zero-order valence-corrected chi connectivity index (χ0v) is 12.3. The number of aryl methyl sites for hydroxylation is 1. The van der Waals surface area contributed by atoms with Crippen molar-refractivity contribution in [2.75, 3.05) is 26.7 Å². The molecule has 0 fully saturated rings. The van der Waals surface area contributed by atoms with Gasteiger partial charge >= 0.3 is 0 Å². The fourth-order valence-electron chi connectivity index (χ4n) is 1.54. The van der Waals surface area contributed by atoms with E-state index >= 15 is 0 Å². The van der Waals surface area contributed by atoms with Gasteiger partial charge in [-0.05, 0) is 44.3 Å². The molecule has 19 heavy (non-hydrogen) atoms. The highest BCUT2D eigenvalue weighted by molar-refractivity contribution is 7.89. The molecule has 0 radical (unpaired) electrons. The van der Waals surface area contributed by atoms with E-state index in [-0.39, 0.29) is 4.90 Å². The van der Waals surface area contributed by atoms with Crippen LogP contribution in [0.2, 0.25) is 0 Å². The first-order valence-electron chi connectivity index (χ1n) is 6.09. The molecule has 0 amide bonds.